The third-order valence-corrected chi connectivity index (χ3v) is 4.45. The van der Waals surface area contributed by atoms with Crippen molar-refractivity contribution < 1.29 is 9.90 Å². The minimum absolute atomic E-state index is 0.0778. The zero-order chi connectivity index (χ0) is 12.4. The van der Waals surface area contributed by atoms with Crippen molar-refractivity contribution in [2.45, 2.75) is 51.0 Å². The summed E-state index contributed by atoms with van der Waals surface area (Å²) in [7, 11) is 0. The molecule has 2 fully saturated rings. The fourth-order valence-electron chi connectivity index (χ4n) is 3.04. The van der Waals surface area contributed by atoms with E-state index >= 15 is 0 Å². The molecule has 1 saturated heterocycles. The van der Waals surface area contributed by atoms with Crippen molar-refractivity contribution >= 4 is 5.91 Å². The number of hydrogen-bond donors (Lipinski definition) is 3. The smallest absolute Gasteiger partial charge is 0.228 e. The third-order valence-electron chi connectivity index (χ3n) is 4.45. The van der Waals surface area contributed by atoms with Crippen LogP contribution in [-0.2, 0) is 4.79 Å². The van der Waals surface area contributed by atoms with Crippen molar-refractivity contribution in [2.24, 2.45) is 5.41 Å². The summed E-state index contributed by atoms with van der Waals surface area (Å²) >= 11 is 0. The Bertz CT molecular complexity index is 276. The highest BCUT2D eigenvalue weighted by molar-refractivity contribution is 5.84. The van der Waals surface area contributed by atoms with Gasteiger partial charge in [0, 0.05) is 6.54 Å². The van der Waals surface area contributed by atoms with Crippen LogP contribution in [0.5, 0.6) is 0 Å². The maximum atomic E-state index is 12.5. The number of carbonyl (C=O) groups is 1. The van der Waals surface area contributed by atoms with Crippen LogP contribution >= 0.6 is 0 Å². The SMILES string of the molecule is CCCC1(C(=O)NC2(CO)CCC2)CCNC1. The first kappa shape index (κ1) is 12.8. The molecule has 1 heterocycles. The van der Waals surface area contributed by atoms with Crippen LogP contribution in [0.4, 0.5) is 0 Å². The number of aliphatic hydroxyl groups excluding tert-OH is 1. The van der Waals surface area contributed by atoms with Crippen LogP contribution in [0.3, 0.4) is 0 Å². The fourth-order valence-corrected chi connectivity index (χ4v) is 3.04. The largest absolute Gasteiger partial charge is 0.394 e. The molecule has 1 atom stereocenters. The van der Waals surface area contributed by atoms with E-state index in [2.05, 4.69) is 17.6 Å². The Morgan fingerprint density at radius 2 is 2.18 bits per heavy atom. The second-order valence-electron chi connectivity index (χ2n) is 5.70. The van der Waals surface area contributed by atoms with Crippen LogP contribution in [0.15, 0.2) is 0 Å². The summed E-state index contributed by atoms with van der Waals surface area (Å²) in [6.45, 7) is 3.92. The summed E-state index contributed by atoms with van der Waals surface area (Å²) in [4.78, 5) is 12.5. The molecule has 1 saturated carbocycles. The van der Waals surface area contributed by atoms with Crippen molar-refractivity contribution in [3.05, 3.63) is 0 Å². The summed E-state index contributed by atoms with van der Waals surface area (Å²) in [6.07, 6.45) is 5.85. The first-order chi connectivity index (χ1) is 8.16. The summed E-state index contributed by atoms with van der Waals surface area (Å²) < 4.78 is 0. The van der Waals surface area contributed by atoms with Crippen molar-refractivity contribution in [2.75, 3.05) is 19.7 Å². The van der Waals surface area contributed by atoms with Gasteiger partial charge in [0.25, 0.3) is 0 Å². The summed E-state index contributed by atoms with van der Waals surface area (Å²) in [5, 5.41) is 15.8. The van der Waals surface area contributed by atoms with E-state index in [4.69, 9.17) is 0 Å². The molecule has 1 aliphatic heterocycles. The van der Waals surface area contributed by atoms with Crippen LogP contribution in [0.2, 0.25) is 0 Å². The Labute approximate surface area is 103 Å². The Morgan fingerprint density at radius 3 is 2.59 bits per heavy atom. The zero-order valence-corrected chi connectivity index (χ0v) is 10.7. The number of amides is 1. The summed E-state index contributed by atoms with van der Waals surface area (Å²) in [6, 6.07) is 0. The average Bonchev–Trinajstić information content (AvgIpc) is 2.73. The molecule has 3 N–H and O–H groups in total. The van der Waals surface area contributed by atoms with Gasteiger partial charge >= 0.3 is 0 Å². The standard InChI is InChI=1S/C13H24N2O2/c1-2-4-12(7-8-14-9-12)11(17)15-13(10-16)5-3-6-13/h14,16H,2-10H2,1H3,(H,15,17). The van der Waals surface area contributed by atoms with Crippen LogP contribution < -0.4 is 10.6 Å². The first-order valence-electron chi connectivity index (χ1n) is 6.81. The lowest BCUT2D eigenvalue weighted by molar-refractivity contribution is -0.134. The normalized spacial score (nSPS) is 30.9. The maximum Gasteiger partial charge on any atom is 0.228 e. The van der Waals surface area contributed by atoms with Crippen molar-refractivity contribution in [3.63, 3.8) is 0 Å². The predicted octanol–water partition coefficient (Wildman–Crippen LogP) is 0.797. The summed E-state index contributed by atoms with van der Waals surface area (Å²) in [5.41, 5.74) is -0.535. The first-order valence-corrected chi connectivity index (χ1v) is 6.81. The molecule has 1 unspecified atom stereocenters. The third kappa shape index (κ3) is 2.33. The molecule has 0 bridgehead atoms. The van der Waals surface area contributed by atoms with Crippen LogP contribution in [0, 0.1) is 5.41 Å². The summed E-state index contributed by atoms with van der Waals surface area (Å²) in [5.74, 6) is 0.151. The lowest BCUT2D eigenvalue weighted by atomic mass is 9.75. The zero-order valence-electron chi connectivity index (χ0n) is 10.7. The van der Waals surface area contributed by atoms with Crippen molar-refractivity contribution in [1.82, 2.24) is 10.6 Å². The fraction of sp³-hybridized carbons (Fsp3) is 0.923. The molecule has 17 heavy (non-hydrogen) atoms. The second kappa shape index (κ2) is 4.94. The molecule has 4 nitrogen and oxygen atoms in total. The van der Waals surface area contributed by atoms with E-state index in [1.807, 2.05) is 0 Å². The van der Waals surface area contributed by atoms with Crippen LogP contribution in [-0.4, -0.2) is 36.2 Å². The Hall–Kier alpha value is -0.610. The van der Waals surface area contributed by atoms with Gasteiger partial charge in [-0.25, -0.2) is 0 Å². The minimum atomic E-state index is -0.305. The highest BCUT2D eigenvalue weighted by atomic mass is 16.3. The Balaban J connectivity index is 2.01. The van der Waals surface area contributed by atoms with Gasteiger partial charge in [0.2, 0.25) is 5.91 Å². The number of aliphatic hydroxyl groups is 1. The second-order valence-corrected chi connectivity index (χ2v) is 5.70. The molecule has 4 heteroatoms. The monoisotopic (exact) mass is 240 g/mol. The molecule has 0 spiro atoms. The molecule has 1 amide bonds. The Morgan fingerprint density at radius 1 is 1.41 bits per heavy atom. The lowest BCUT2D eigenvalue weighted by Crippen LogP contribution is -2.59. The van der Waals surface area contributed by atoms with Crippen LogP contribution in [0.1, 0.15) is 45.4 Å². The van der Waals surface area contributed by atoms with Crippen molar-refractivity contribution in [1.29, 1.82) is 0 Å². The number of nitrogens with one attached hydrogen (secondary N) is 2. The van der Waals surface area contributed by atoms with E-state index in [1.54, 1.807) is 0 Å². The highest BCUT2D eigenvalue weighted by Gasteiger charge is 2.45. The number of carbonyl (C=O) groups excluding carboxylic acids is 1. The van der Waals surface area contributed by atoms with E-state index in [1.165, 1.54) is 0 Å². The number of rotatable bonds is 5. The quantitative estimate of drug-likeness (QED) is 0.666. The lowest BCUT2D eigenvalue weighted by Gasteiger charge is -2.43. The highest BCUT2D eigenvalue weighted by Crippen LogP contribution is 2.36. The van der Waals surface area contributed by atoms with Gasteiger partial charge in [-0.3, -0.25) is 4.79 Å². The van der Waals surface area contributed by atoms with Gasteiger partial charge in [0.05, 0.1) is 17.6 Å². The van der Waals surface area contributed by atoms with Gasteiger partial charge in [0.1, 0.15) is 0 Å². The molecular weight excluding hydrogens is 216 g/mol. The molecule has 0 aromatic carbocycles. The van der Waals surface area contributed by atoms with Gasteiger partial charge in [0.15, 0.2) is 0 Å². The molecule has 2 rings (SSSR count). The van der Waals surface area contributed by atoms with Gasteiger partial charge < -0.3 is 15.7 Å². The van der Waals surface area contributed by atoms with E-state index in [9.17, 15) is 9.90 Å². The van der Waals surface area contributed by atoms with E-state index in [0.29, 0.717) is 0 Å². The molecule has 1 aliphatic carbocycles. The van der Waals surface area contributed by atoms with Gasteiger partial charge in [-0.2, -0.15) is 0 Å². The molecule has 98 valence electrons. The molecule has 2 aliphatic rings. The Kier molecular flexibility index (Phi) is 3.73. The maximum absolute atomic E-state index is 12.5. The van der Waals surface area contributed by atoms with E-state index in [0.717, 1.165) is 51.6 Å². The molecule has 0 aromatic rings. The van der Waals surface area contributed by atoms with Gasteiger partial charge in [-0.15, -0.1) is 0 Å². The molecular formula is C13H24N2O2. The minimum Gasteiger partial charge on any atom is -0.394 e. The van der Waals surface area contributed by atoms with E-state index < -0.39 is 0 Å². The van der Waals surface area contributed by atoms with Gasteiger partial charge in [-0.1, -0.05) is 13.3 Å². The van der Waals surface area contributed by atoms with Crippen molar-refractivity contribution in [3.8, 4) is 0 Å². The van der Waals surface area contributed by atoms with Gasteiger partial charge in [-0.05, 0) is 38.6 Å². The van der Waals surface area contributed by atoms with Crippen LogP contribution in [0.25, 0.3) is 0 Å². The average molecular weight is 240 g/mol. The molecule has 0 aromatic heterocycles. The number of hydrogen-bond acceptors (Lipinski definition) is 3. The molecule has 0 radical (unpaired) electrons. The van der Waals surface area contributed by atoms with E-state index in [-0.39, 0.29) is 23.5 Å². The topological polar surface area (TPSA) is 61.4 Å². The predicted molar refractivity (Wildman–Crippen MR) is 66.6 cm³/mol.